The van der Waals surface area contributed by atoms with Gasteiger partial charge in [0, 0.05) is 16.7 Å². The lowest BCUT2D eigenvalue weighted by Gasteiger charge is -2.09. The van der Waals surface area contributed by atoms with Crippen molar-refractivity contribution in [1.29, 1.82) is 0 Å². The number of anilines is 1. The van der Waals surface area contributed by atoms with Crippen molar-refractivity contribution in [2.75, 3.05) is 5.43 Å². The average molecular weight is 427 g/mol. The van der Waals surface area contributed by atoms with E-state index >= 15 is 0 Å². The number of rotatable bonds is 8. The Hall–Kier alpha value is -3.98. The van der Waals surface area contributed by atoms with Gasteiger partial charge < -0.3 is 4.74 Å². The lowest BCUT2D eigenvalue weighted by molar-refractivity contribution is -0.393. The molecule has 1 N–H and O–H groups in total. The second kappa shape index (κ2) is 9.48. The van der Waals surface area contributed by atoms with Gasteiger partial charge >= 0.3 is 5.69 Å². The largest absolute Gasteiger partial charge is 0.488 e. The predicted molar refractivity (Wildman–Crippen MR) is 113 cm³/mol. The van der Waals surface area contributed by atoms with Crippen LogP contribution in [0.5, 0.6) is 5.75 Å². The number of ether oxygens (including phenoxy) is 1. The lowest BCUT2D eigenvalue weighted by atomic mass is 10.2. The standard InChI is InChI=1S/C20H15ClN4O5/c21-16-6-3-4-14(10-16)13-30-20-7-2-1-5-15(20)12-22-23-18-9-8-17(24(26)27)11-19(18)25(28)29/h1-12,23H,13H2/b22-12-. The summed E-state index contributed by atoms with van der Waals surface area (Å²) in [7, 11) is 0. The molecule has 0 radical (unpaired) electrons. The molecule has 10 heteroatoms. The van der Waals surface area contributed by atoms with Crippen LogP contribution >= 0.6 is 11.6 Å². The highest BCUT2D eigenvalue weighted by atomic mass is 35.5. The van der Waals surface area contributed by atoms with Crippen LogP contribution in [-0.4, -0.2) is 16.1 Å². The van der Waals surface area contributed by atoms with Crippen molar-refractivity contribution >= 4 is 34.9 Å². The molecule has 30 heavy (non-hydrogen) atoms. The Bertz CT molecular complexity index is 1120. The molecule has 0 amide bonds. The van der Waals surface area contributed by atoms with Gasteiger partial charge in [0.2, 0.25) is 0 Å². The normalized spacial score (nSPS) is 10.7. The quantitative estimate of drug-likeness (QED) is 0.301. The predicted octanol–water partition coefficient (Wildman–Crippen LogP) is 5.18. The van der Waals surface area contributed by atoms with Crippen LogP contribution in [0.2, 0.25) is 5.02 Å². The van der Waals surface area contributed by atoms with Gasteiger partial charge in [-0.05, 0) is 35.9 Å². The zero-order valence-electron chi connectivity index (χ0n) is 15.4. The SMILES string of the molecule is O=[N+]([O-])c1ccc(N/N=C\c2ccccc2OCc2cccc(Cl)c2)c([N+](=O)[O-])c1. The van der Waals surface area contributed by atoms with Crippen molar-refractivity contribution < 1.29 is 14.6 Å². The Kier molecular flexibility index (Phi) is 6.56. The molecule has 0 heterocycles. The van der Waals surface area contributed by atoms with Crippen LogP contribution in [0.25, 0.3) is 0 Å². The number of halogens is 1. The third-order valence-corrected chi connectivity index (χ3v) is 4.21. The Morgan fingerprint density at radius 2 is 1.80 bits per heavy atom. The number of hydrazone groups is 1. The summed E-state index contributed by atoms with van der Waals surface area (Å²) in [6.45, 7) is 0.298. The summed E-state index contributed by atoms with van der Waals surface area (Å²) in [4.78, 5) is 20.6. The van der Waals surface area contributed by atoms with Crippen LogP contribution < -0.4 is 10.2 Å². The number of para-hydroxylation sites is 1. The van der Waals surface area contributed by atoms with E-state index in [1.54, 1.807) is 36.4 Å². The van der Waals surface area contributed by atoms with Crippen molar-refractivity contribution in [3.05, 3.63) is 103 Å². The lowest BCUT2D eigenvalue weighted by Crippen LogP contribution is -2.00. The van der Waals surface area contributed by atoms with Gasteiger partial charge in [-0.15, -0.1) is 0 Å². The second-order valence-electron chi connectivity index (χ2n) is 6.04. The number of hydrogen-bond donors (Lipinski definition) is 1. The van der Waals surface area contributed by atoms with Crippen molar-refractivity contribution in [2.45, 2.75) is 6.61 Å². The fraction of sp³-hybridized carbons (Fsp3) is 0.0500. The molecule has 0 spiro atoms. The summed E-state index contributed by atoms with van der Waals surface area (Å²) >= 11 is 5.98. The first-order valence-corrected chi connectivity index (χ1v) is 9.00. The Morgan fingerprint density at radius 3 is 2.53 bits per heavy atom. The van der Waals surface area contributed by atoms with Gasteiger partial charge in [-0.1, -0.05) is 35.9 Å². The van der Waals surface area contributed by atoms with Gasteiger partial charge in [-0.2, -0.15) is 5.10 Å². The van der Waals surface area contributed by atoms with Gasteiger partial charge in [0.15, 0.2) is 0 Å². The highest BCUT2D eigenvalue weighted by Gasteiger charge is 2.19. The minimum Gasteiger partial charge on any atom is -0.488 e. The number of nitro benzene ring substituents is 2. The third-order valence-electron chi connectivity index (χ3n) is 3.98. The van der Waals surface area contributed by atoms with Crippen LogP contribution in [0.15, 0.2) is 71.8 Å². The molecule has 0 aliphatic rings. The smallest absolute Gasteiger partial charge is 0.301 e. The van der Waals surface area contributed by atoms with E-state index in [0.29, 0.717) is 22.9 Å². The highest BCUT2D eigenvalue weighted by Crippen LogP contribution is 2.29. The number of hydrogen-bond acceptors (Lipinski definition) is 7. The molecular weight excluding hydrogens is 412 g/mol. The van der Waals surface area contributed by atoms with E-state index in [2.05, 4.69) is 10.5 Å². The number of non-ortho nitro benzene ring substituents is 1. The fourth-order valence-electron chi connectivity index (χ4n) is 2.56. The molecule has 0 saturated carbocycles. The first kappa shape index (κ1) is 20.7. The van der Waals surface area contributed by atoms with Crippen LogP contribution in [0.1, 0.15) is 11.1 Å². The molecule has 0 atom stereocenters. The van der Waals surface area contributed by atoms with Crippen LogP contribution in [0, 0.1) is 20.2 Å². The summed E-state index contributed by atoms with van der Waals surface area (Å²) < 4.78 is 5.82. The maximum atomic E-state index is 11.2. The second-order valence-corrected chi connectivity index (χ2v) is 6.48. The molecule has 3 aromatic rings. The van der Waals surface area contributed by atoms with Crippen LogP contribution in [0.4, 0.5) is 17.1 Å². The average Bonchev–Trinajstić information content (AvgIpc) is 2.73. The first-order chi connectivity index (χ1) is 14.4. The first-order valence-electron chi connectivity index (χ1n) is 8.62. The van der Waals surface area contributed by atoms with Crippen LogP contribution in [0.3, 0.4) is 0 Å². The number of benzene rings is 3. The molecule has 3 aromatic carbocycles. The third kappa shape index (κ3) is 5.30. The van der Waals surface area contributed by atoms with E-state index in [-0.39, 0.29) is 11.4 Å². The maximum Gasteiger partial charge on any atom is 0.301 e. The van der Waals surface area contributed by atoms with Gasteiger partial charge in [-0.25, -0.2) is 0 Å². The highest BCUT2D eigenvalue weighted by molar-refractivity contribution is 6.30. The Morgan fingerprint density at radius 1 is 1.00 bits per heavy atom. The maximum absolute atomic E-state index is 11.2. The minimum atomic E-state index is -0.715. The van der Waals surface area contributed by atoms with Crippen molar-refractivity contribution in [2.24, 2.45) is 5.10 Å². The fourth-order valence-corrected chi connectivity index (χ4v) is 2.77. The van der Waals surface area contributed by atoms with E-state index in [0.717, 1.165) is 17.7 Å². The van der Waals surface area contributed by atoms with Crippen molar-refractivity contribution in [3.63, 3.8) is 0 Å². The monoisotopic (exact) mass is 426 g/mol. The van der Waals surface area contributed by atoms with E-state index in [1.165, 1.54) is 12.3 Å². The molecule has 9 nitrogen and oxygen atoms in total. The number of nitro groups is 2. The van der Waals surface area contributed by atoms with Gasteiger partial charge in [0.25, 0.3) is 5.69 Å². The molecule has 0 bridgehead atoms. The molecular formula is C20H15ClN4O5. The topological polar surface area (TPSA) is 120 Å². The minimum absolute atomic E-state index is 0.0270. The summed E-state index contributed by atoms with van der Waals surface area (Å²) in [5.74, 6) is 0.557. The molecule has 0 unspecified atom stereocenters. The van der Waals surface area contributed by atoms with Crippen LogP contribution in [-0.2, 0) is 6.61 Å². The summed E-state index contributed by atoms with van der Waals surface area (Å²) in [6, 6.07) is 17.7. The molecule has 152 valence electrons. The number of nitrogens with one attached hydrogen (secondary N) is 1. The molecule has 0 aliphatic carbocycles. The van der Waals surface area contributed by atoms with Gasteiger partial charge in [-0.3, -0.25) is 25.7 Å². The summed E-state index contributed by atoms with van der Waals surface area (Å²) in [5.41, 5.74) is 3.28. The van der Waals surface area contributed by atoms with Gasteiger partial charge in [0.05, 0.1) is 22.1 Å². The Labute approximate surface area is 175 Å². The molecule has 0 saturated heterocycles. The zero-order valence-corrected chi connectivity index (χ0v) is 16.2. The van der Waals surface area contributed by atoms with Crippen molar-refractivity contribution in [3.8, 4) is 5.75 Å². The van der Waals surface area contributed by atoms with E-state index in [9.17, 15) is 20.2 Å². The number of nitrogens with zero attached hydrogens (tertiary/aromatic N) is 3. The molecule has 0 fully saturated rings. The summed E-state index contributed by atoms with van der Waals surface area (Å²) in [6.07, 6.45) is 1.44. The van der Waals surface area contributed by atoms with Crippen molar-refractivity contribution in [1.82, 2.24) is 0 Å². The molecule has 0 aliphatic heterocycles. The van der Waals surface area contributed by atoms with E-state index < -0.39 is 15.5 Å². The van der Waals surface area contributed by atoms with E-state index in [1.807, 2.05) is 12.1 Å². The Balaban J connectivity index is 1.74. The summed E-state index contributed by atoms with van der Waals surface area (Å²) in [5, 5.41) is 26.6. The zero-order chi connectivity index (χ0) is 21.5. The van der Waals surface area contributed by atoms with Gasteiger partial charge in [0.1, 0.15) is 18.0 Å². The van der Waals surface area contributed by atoms with E-state index in [4.69, 9.17) is 16.3 Å². The molecule has 0 aromatic heterocycles. The molecule has 3 rings (SSSR count).